The average Bonchev–Trinajstić information content (AvgIpc) is 2.75. The van der Waals surface area contributed by atoms with E-state index in [9.17, 15) is 13.2 Å². The van der Waals surface area contributed by atoms with Gasteiger partial charge in [0.1, 0.15) is 5.58 Å². The maximum Gasteiger partial charge on any atom is 0.296 e. The lowest BCUT2D eigenvalue weighted by molar-refractivity contribution is 0.112. The summed E-state index contributed by atoms with van der Waals surface area (Å²) in [4.78, 5) is 10.7. The van der Waals surface area contributed by atoms with Gasteiger partial charge in [0, 0.05) is 5.39 Å². The van der Waals surface area contributed by atoms with E-state index in [1.54, 1.807) is 6.07 Å². The Hall–Kier alpha value is -1.66. The second-order valence-electron chi connectivity index (χ2n) is 3.09. The molecule has 84 valence electrons. The highest BCUT2D eigenvalue weighted by molar-refractivity contribution is 7.86. The fraction of sp³-hybridized carbons (Fsp3) is 0.100. The van der Waals surface area contributed by atoms with Gasteiger partial charge in [0.15, 0.2) is 6.29 Å². The minimum absolute atomic E-state index is 0.0639. The maximum atomic E-state index is 11.5. The van der Waals surface area contributed by atoms with Gasteiger partial charge in [-0.15, -0.1) is 0 Å². The molecule has 0 aliphatic heterocycles. The van der Waals surface area contributed by atoms with Crippen molar-refractivity contribution in [3.8, 4) is 0 Å². The van der Waals surface area contributed by atoms with Gasteiger partial charge in [-0.25, -0.2) is 0 Å². The molecule has 0 atom stereocenters. The minimum atomic E-state index is -3.80. The molecule has 5 nitrogen and oxygen atoms in total. The number of rotatable bonds is 3. The van der Waals surface area contributed by atoms with Gasteiger partial charge in [-0.2, -0.15) is 8.42 Å². The summed E-state index contributed by atoms with van der Waals surface area (Å²) in [7, 11) is -2.74. The normalized spacial score (nSPS) is 11.8. The van der Waals surface area contributed by atoms with Crippen molar-refractivity contribution in [3.63, 3.8) is 0 Å². The zero-order chi connectivity index (χ0) is 11.8. The van der Waals surface area contributed by atoms with Crippen LogP contribution in [0.3, 0.4) is 0 Å². The molecule has 0 N–H and O–H groups in total. The van der Waals surface area contributed by atoms with Crippen molar-refractivity contribution >= 4 is 27.4 Å². The average molecular weight is 240 g/mol. The molecular formula is C10H8O5S. The van der Waals surface area contributed by atoms with Crippen molar-refractivity contribution in [3.05, 3.63) is 30.0 Å². The molecule has 16 heavy (non-hydrogen) atoms. The third kappa shape index (κ3) is 1.62. The second kappa shape index (κ2) is 3.73. The van der Waals surface area contributed by atoms with E-state index in [4.69, 9.17) is 4.42 Å². The Morgan fingerprint density at radius 2 is 2.12 bits per heavy atom. The molecule has 0 aliphatic carbocycles. The highest BCUT2D eigenvalue weighted by Crippen LogP contribution is 2.24. The predicted octanol–water partition coefficient (Wildman–Crippen LogP) is 1.58. The van der Waals surface area contributed by atoms with Crippen LogP contribution in [0.25, 0.3) is 11.0 Å². The number of carbonyl (C=O) groups excluding carboxylic acids is 1. The van der Waals surface area contributed by atoms with Crippen molar-refractivity contribution in [2.45, 2.75) is 4.90 Å². The van der Waals surface area contributed by atoms with Crippen molar-refractivity contribution < 1.29 is 21.8 Å². The lowest BCUT2D eigenvalue weighted by atomic mass is 10.2. The lowest BCUT2D eigenvalue weighted by Gasteiger charge is -2.02. The standard InChI is InChI=1S/C10H8O5S/c1-14-16(12,13)9-4-7-2-3-15-10(7)8(5-9)6-11/h2-6H,1H3. The van der Waals surface area contributed by atoms with Crippen LogP contribution < -0.4 is 0 Å². The zero-order valence-corrected chi connectivity index (χ0v) is 9.15. The minimum Gasteiger partial charge on any atom is -0.464 e. The van der Waals surface area contributed by atoms with Crippen LogP contribution >= 0.6 is 0 Å². The molecule has 0 aliphatic rings. The van der Waals surface area contributed by atoms with E-state index in [-0.39, 0.29) is 10.5 Å². The van der Waals surface area contributed by atoms with E-state index < -0.39 is 10.1 Å². The van der Waals surface area contributed by atoms with Gasteiger partial charge in [0.05, 0.1) is 23.8 Å². The second-order valence-corrected chi connectivity index (χ2v) is 4.80. The first kappa shape index (κ1) is 10.8. The van der Waals surface area contributed by atoms with Gasteiger partial charge in [0.25, 0.3) is 10.1 Å². The van der Waals surface area contributed by atoms with Crippen molar-refractivity contribution in [1.82, 2.24) is 0 Å². The summed E-state index contributed by atoms with van der Waals surface area (Å²) in [6, 6.07) is 4.19. The molecule has 2 rings (SSSR count). The molecule has 0 unspecified atom stereocenters. The van der Waals surface area contributed by atoms with Gasteiger partial charge in [-0.1, -0.05) is 0 Å². The van der Waals surface area contributed by atoms with E-state index >= 15 is 0 Å². The first-order valence-corrected chi connectivity index (χ1v) is 5.76. The third-order valence-electron chi connectivity index (χ3n) is 2.19. The molecule has 0 spiro atoms. The maximum absolute atomic E-state index is 11.5. The molecule has 0 saturated heterocycles. The number of aldehydes is 1. The van der Waals surface area contributed by atoms with E-state index in [1.807, 2.05) is 0 Å². The summed E-state index contributed by atoms with van der Waals surface area (Å²) in [5.41, 5.74) is 0.545. The summed E-state index contributed by atoms with van der Waals surface area (Å²) in [5, 5.41) is 0.542. The number of furan rings is 1. The summed E-state index contributed by atoms with van der Waals surface area (Å²) < 4.78 is 32.4. The predicted molar refractivity (Wildman–Crippen MR) is 55.8 cm³/mol. The van der Waals surface area contributed by atoms with Crippen LogP contribution in [0.15, 0.2) is 33.8 Å². The first-order valence-electron chi connectivity index (χ1n) is 4.35. The fourth-order valence-corrected chi connectivity index (χ4v) is 2.14. The summed E-state index contributed by atoms with van der Waals surface area (Å²) >= 11 is 0. The highest BCUT2D eigenvalue weighted by Gasteiger charge is 2.16. The lowest BCUT2D eigenvalue weighted by Crippen LogP contribution is -2.03. The van der Waals surface area contributed by atoms with Crippen LogP contribution in [0.1, 0.15) is 10.4 Å². The Morgan fingerprint density at radius 1 is 1.38 bits per heavy atom. The van der Waals surface area contributed by atoms with Crippen LogP contribution in [-0.4, -0.2) is 21.8 Å². The molecule has 0 bridgehead atoms. The van der Waals surface area contributed by atoms with Crippen molar-refractivity contribution in [2.24, 2.45) is 0 Å². The van der Waals surface area contributed by atoms with Crippen molar-refractivity contribution in [1.29, 1.82) is 0 Å². The monoisotopic (exact) mass is 240 g/mol. The summed E-state index contributed by atoms with van der Waals surface area (Å²) in [5.74, 6) is 0. The summed E-state index contributed by atoms with van der Waals surface area (Å²) in [6.45, 7) is 0. The number of fused-ring (bicyclic) bond motifs is 1. The SMILES string of the molecule is COS(=O)(=O)c1cc(C=O)c2occc2c1. The van der Waals surface area contributed by atoms with Gasteiger partial charge < -0.3 is 4.42 Å². The van der Waals surface area contributed by atoms with Gasteiger partial charge in [-0.3, -0.25) is 8.98 Å². The Bertz CT molecular complexity index is 638. The van der Waals surface area contributed by atoms with Gasteiger partial charge in [0.2, 0.25) is 0 Å². The molecule has 2 aromatic rings. The van der Waals surface area contributed by atoms with E-state index in [1.165, 1.54) is 18.4 Å². The quantitative estimate of drug-likeness (QED) is 0.601. The highest BCUT2D eigenvalue weighted by atomic mass is 32.2. The van der Waals surface area contributed by atoms with E-state index in [0.717, 1.165) is 7.11 Å². The van der Waals surface area contributed by atoms with E-state index in [2.05, 4.69) is 4.18 Å². The summed E-state index contributed by atoms with van der Waals surface area (Å²) in [6.07, 6.45) is 1.93. The smallest absolute Gasteiger partial charge is 0.296 e. The number of hydrogen-bond acceptors (Lipinski definition) is 5. The van der Waals surface area contributed by atoms with Gasteiger partial charge in [-0.05, 0) is 18.2 Å². The van der Waals surface area contributed by atoms with Crippen LogP contribution in [0.2, 0.25) is 0 Å². The largest absolute Gasteiger partial charge is 0.464 e. The van der Waals surface area contributed by atoms with Crippen LogP contribution in [0.4, 0.5) is 0 Å². The molecule has 1 aromatic heterocycles. The molecule has 1 heterocycles. The molecular weight excluding hydrogens is 232 g/mol. The number of benzene rings is 1. The van der Waals surface area contributed by atoms with Gasteiger partial charge >= 0.3 is 0 Å². The molecule has 0 radical (unpaired) electrons. The van der Waals surface area contributed by atoms with Crippen LogP contribution in [0.5, 0.6) is 0 Å². The van der Waals surface area contributed by atoms with Crippen LogP contribution in [-0.2, 0) is 14.3 Å². The van der Waals surface area contributed by atoms with Crippen molar-refractivity contribution in [2.75, 3.05) is 7.11 Å². The Morgan fingerprint density at radius 3 is 2.75 bits per heavy atom. The van der Waals surface area contributed by atoms with Crippen LogP contribution in [0, 0.1) is 0 Å². The number of hydrogen-bond donors (Lipinski definition) is 0. The third-order valence-corrected chi connectivity index (χ3v) is 3.44. The Balaban J connectivity index is 2.79. The molecule has 6 heteroatoms. The fourth-order valence-electron chi connectivity index (χ4n) is 1.41. The molecule has 0 fully saturated rings. The molecule has 0 saturated carbocycles. The van der Waals surface area contributed by atoms with E-state index in [0.29, 0.717) is 17.3 Å². The Kier molecular flexibility index (Phi) is 2.53. The first-order chi connectivity index (χ1) is 7.58. The number of carbonyl (C=O) groups is 1. The zero-order valence-electron chi connectivity index (χ0n) is 8.34. The molecule has 0 amide bonds. The Labute approximate surface area is 91.7 Å². The molecule has 1 aromatic carbocycles. The topological polar surface area (TPSA) is 73.6 Å².